The largest absolute Gasteiger partial charge is 0.493 e. The Kier molecular flexibility index (Phi) is 9.23. The molecule has 2 heterocycles. The molecule has 1 aliphatic heterocycles. The molecule has 1 aliphatic rings. The molecule has 5 rings (SSSR count). The number of aryl methyl sites for hydroxylation is 1. The molecule has 0 spiro atoms. The monoisotopic (exact) mass is 595 g/mol. The number of para-hydroxylation sites is 2. The number of carbonyl (C=O) groups excluding carboxylic acids is 2. The molecule has 4 aromatic rings. The SMILES string of the molecule is COc1ccccc1OC(=O)N1CCC(Cc2cccc(NC(=O)Nc3cc(C(C)(C)C)nn3-c3ccc(C)cc3)c2)CC1. The number of piperidine rings is 1. The van der Waals surface area contributed by atoms with Crippen LogP contribution in [0, 0.1) is 12.8 Å². The van der Waals surface area contributed by atoms with Crippen molar-refractivity contribution in [2.45, 2.75) is 52.4 Å². The molecule has 3 aromatic carbocycles. The number of amides is 3. The van der Waals surface area contributed by atoms with Crippen molar-refractivity contribution in [1.29, 1.82) is 0 Å². The summed E-state index contributed by atoms with van der Waals surface area (Å²) in [7, 11) is 1.56. The highest BCUT2D eigenvalue weighted by molar-refractivity contribution is 5.99. The molecule has 1 saturated heterocycles. The summed E-state index contributed by atoms with van der Waals surface area (Å²) in [6, 6.07) is 24.7. The van der Waals surface area contributed by atoms with Crippen molar-refractivity contribution >= 4 is 23.6 Å². The highest BCUT2D eigenvalue weighted by Gasteiger charge is 2.25. The van der Waals surface area contributed by atoms with Gasteiger partial charge >= 0.3 is 12.1 Å². The van der Waals surface area contributed by atoms with Crippen LogP contribution in [-0.4, -0.2) is 47.0 Å². The highest BCUT2D eigenvalue weighted by Crippen LogP contribution is 2.29. The van der Waals surface area contributed by atoms with Crippen LogP contribution in [0.2, 0.25) is 0 Å². The molecule has 1 aromatic heterocycles. The van der Waals surface area contributed by atoms with Crippen molar-refractivity contribution in [3.8, 4) is 17.2 Å². The Morgan fingerprint density at radius 3 is 2.30 bits per heavy atom. The van der Waals surface area contributed by atoms with Crippen LogP contribution in [0.15, 0.2) is 78.9 Å². The topological polar surface area (TPSA) is 97.7 Å². The van der Waals surface area contributed by atoms with Crippen LogP contribution in [0.4, 0.5) is 21.1 Å². The first-order valence-corrected chi connectivity index (χ1v) is 15.0. The van der Waals surface area contributed by atoms with E-state index in [1.54, 1.807) is 28.8 Å². The number of rotatable bonds is 7. The highest BCUT2D eigenvalue weighted by atomic mass is 16.6. The Morgan fingerprint density at radius 1 is 0.909 bits per heavy atom. The lowest BCUT2D eigenvalue weighted by Crippen LogP contribution is -2.40. The van der Waals surface area contributed by atoms with Crippen molar-refractivity contribution in [2.75, 3.05) is 30.8 Å². The average Bonchev–Trinajstić information content (AvgIpc) is 3.42. The van der Waals surface area contributed by atoms with E-state index in [9.17, 15) is 9.59 Å². The first-order valence-electron chi connectivity index (χ1n) is 15.0. The third kappa shape index (κ3) is 7.58. The van der Waals surface area contributed by atoms with Crippen molar-refractivity contribution in [3.63, 3.8) is 0 Å². The van der Waals surface area contributed by atoms with Gasteiger partial charge in [-0.1, -0.05) is 62.7 Å². The summed E-state index contributed by atoms with van der Waals surface area (Å²) in [5.41, 5.74) is 4.59. The summed E-state index contributed by atoms with van der Waals surface area (Å²) in [6.07, 6.45) is 2.25. The number of likely N-dealkylation sites (tertiary alicyclic amines) is 1. The number of carbonyl (C=O) groups is 2. The molecule has 230 valence electrons. The first kappa shape index (κ1) is 30.7. The maximum atomic E-state index is 13.1. The third-order valence-electron chi connectivity index (χ3n) is 7.85. The van der Waals surface area contributed by atoms with Crippen LogP contribution < -0.4 is 20.1 Å². The average molecular weight is 596 g/mol. The van der Waals surface area contributed by atoms with Gasteiger partial charge in [0.15, 0.2) is 11.5 Å². The molecule has 44 heavy (non-hydrogen) atoms. The molecule has 0 unspecified atom stereocenters. The molecule has 0 saturated carbocycles. The van der Waals surface area contributed by atoms with Crippen LogP contribution >= 0.6 is 0 Å². The maximum absolute atomic E-state index is 13.1. The van der Waals surface area contributed by atoms with Crippen LogP contribution in [0.3, 0.4) is 0 Å². The molecular formula is C35H41N5O4. The van der Waals surface area contributed by atoms with Crippen LogP contribution in [0.5, 0.6) is 11.5 Å². The van der Waals surface area contributed by atoms with Crippen molar-refractivity contribution < 1.29 is 19.1 Å². The van der Waals surface area contributed by atoms with Crippen molar-refractivity contribution in [2.24, 2.45) is 5.92 Å². The van der Waals surface area contributed by atoms with Gasteiger partial charge < -0.3 is 19.7 Å². The number of ether oxygens (including phenoxy) is 2. The normalized spacial score (nSPS) is 13.8. The zero-order valence-electron chi connectivity index (χ0n) is 26.1. The van der Waals surface area contributed by atoms with Gasteiger partial charge in [0, 0.05) is 30.3 Å². The van der Waals surface area contributed by atoms with Gasteiger partial charge in [0.25, 0.3) is 0 Å². The fraction of sp³-hybridized carbons (Fsp3) is 0.343. The Bertz CT molecular complexity index is 1600. The van der Waals surface area contributed by atoms with Gasteiger partial charge in [0.2, 0.25) is 0 Å². The van der Waals surface area contributed by atoms with E-state index in [2.05, 4.69) is 37.5 Å². The number of hydrogen-bond donors (Lipinski definition) is 2. The van der Waals surface area contributed by atoms with E-state index < -0.39 is 0 Å². The van der Waals surface area contributed by atoms with Gasteiger partial charge in [-0.25, -0.2) is 14.3 Å². The van der Waals surface area contributed by atoms with E-state index in [0.717, 1.165) is 47.5 Å². The fourth-order valence-electron chi connectivity index (χ4n) is 5.29. The molecule has 0 aliphatic carbocycles. The van der Waals surface area contributed by atoms with Gasteiger partial charge in [-0.2, -0.15) is 5.10 Å². The molecule has 1 fully saturated rings. The molecule has 9 nitrogen and oxygen atoms in total. The van der Waals surface area contributed by atoms with Crippen LogP contribution in [0.25, 0.3) is 5.69 Å². The van der Waals surface area contributed by atoms with Crippen molar-refractivity contribution in [1.82, 2.24) is 14.7 Å². The predicted molar refractivity (Wildman–Crippen MR) is 173 cm³/mol. The zero-order chi connectivity index (χ0) is 31.3. The summed E-state index contributed by atoms with van der Waals surface area (Å²) < 4.78 is 12.7. The Balaban J connectivity index is 1.17. The smallest absolute Gasteiger partial charge is 0.415 e. The lowest BCUT2D eigenvalue weighted by atomic mass is 9.90. The predicted octanol–water partition coefficient (Wildman–Crippen LogP) is 7.58. The number of benzene rings is 3. The molecule has 2 N–H and O–H groups in total. The van der Waals surface area contributed by atoms with Crippen LogP contribution in [0.1, 0.15) is 50.4 Å². The number of urea groups is 1. The Labute approximate surface area is 259 Å². The quantitative estimate of drug-likeness (QED) is 0.230. The molecule has 0 radical (unpaired) electrons. The van der Waals surface area contributed by atoms with E-state index in [0.29, 0.717) is 36.3 Å². The lowest BCUT2D eigenvalue weighted by molar-refractivity contribution is 0.129. The third-order valence-corrected chi connectivity index (χ3v) is 7.85. The summed E-state index contributed by atoms with van der Waals surface area (Å²) in [4.78, 5) is 27.6. The lowest BCUT2D eigenvalue weighted by Gasteiger charge is -2.31. The molecular weight excluding hydrogens is 554 g/mol. The summed E-state index contributed by atoms with van der Waals surface area (Å²) >= 11 is 0. The summed E-state index contributed by atoms with van der Waals surface area (Å²) in [5, 5.41) is 10.8. The van der Waals surface area contributed by atoms with E-state index in [1.165, 1.54) is 0 Å². The maximum Gasteiger partial charge on any atom is 0.415 e. The number of nitrogens with zero attached hydrogens (tertiary/aromatic N) is 3. The number of anilines is 2. The summed E-state index contributed by atoms with van der Waals surface area (Å²) in [6.45, 7) is 9.60. The first-order chi connectivity index (χ1) is 21.1. The molecule has 3 amide bonds. The molecule has 0 atom stereocenters. The summed E-state index contributed by atoms with van der Waals surface area (Å²) in [5.74, 6) is 1.98. The van der Waals surface area contributed by atoms with Gasteiger partial charge in [-0.15, -0.1) is 0 Å². The minimum absolute atomic E-state index is 0.177. The van der Waals surface area contributed by atoms with Gasteiger partial charge in [-0.05, 0) is 74.1 Å². The number of nitrogens with one attached hydrogen (secondary N) is 2. The van der Waals surface area contributed by atoms with Crippen LogP contribution in [-0.2, 0) is 11.8 Å². The van der Waals surface area contributed by atoms with Gasteiger partial charge in [0.05, 0.1) is 18.5 Å². The van der Waals surface area contributed by atoms with E-state index in [-0.39, 0.29) is 17.5 Å². The fourth-order valence-corrected chi connectivity index (χ4v) is 5.29. The standard InChI is InChI=1S/C35H41N5O4/c1-24-13-15-28(16-14-24)40-32(23-31(38-40)35(2,3)4)37-33(41)36-27-10-8-9-26(22-27)21-25-17-19-39(20-18-25)34(42)44-30-12-7-6-11-29(30)43-5/h6-16,22-23,25H,17-21H2,1-5H3,(H2,36,37,41). The Hall–Kier alpha value is -4.79. The van der Waals surface area contributed by atoms with Crippen molar-refractivity contribution in [3.05, 3.63) is 95.7 Å². The minimum atomic E-state index is -0.358. The zero-order valence-corrected chi connectivity index (χ0v) is 26.1. The van der Waals surface area contributed by atoms with Gasteiger partial charge in [0.1, 0.15) is 5.82 Å². The number of aromatic nitrogens is 2. The number of methoxy groups -OCH3 is 1. The number of hydrogen-bond acceptors (Lipinski definition) is 5. The van der Waals surface area contributed by atoms with E-state index >= 15 is 0 Å². The minimum Gasteiger partial charge on any atom is -0.493 e. The van der Waals surface area contributed by atoms with E-state index in [4.69, 9.17) is 14.6 Å². The van der Waals surface area contributed by atoms with E-state index in [1.807, 2.05) is 67.6 Å². The van der Waals surface area contributed by atoms with Gasteiger partial charge in [-0.3, -0.25) is 5.32 Å². The Morgan fingerprint density at radius 2 is 1.61 bits per heavy atom. The second-order valence-electron chi connectivity index (χ2n) is 12.3. The second kappa shape index (κ2) is 13.2. The molecule has 0 bridgehead atoms. The second-order valence-corrected chi connectivity index (χ2v) is 12.3. The molecule has 9 heteroatoms.